The molecule has 2 heterocycles. The Kier molecular flexibility index (Phi) is 5.31. The predicted octanol–water partition coefficient (Wildman–Crippen LogP) is 1.98. The second-order valence-corrected chi connectivity index (χ2v) is 7.54. The molecule has 2 aromatic carbocycles. The zero-order valence-corrected chi connectivity index (χ0v) is 17.7. The number of aryl methyl sites for hydroxylation is 1. The fraction of sp³-hybridized carbons (Fsp3) is 0.182. The number of hydrogen-bond acceptors (Lipinski definition) is 5. The summed E-state index contributed by atoms with van der Waals surface area (Å²) < 4.78 is 49.1. The van der Waals surface area contributed by atoms with Crippen LogP contribution in [0, 0.1) is 6.92 Å². The van der Waals surface area contributed by atoms with Gasteiger partial charge in [0, 0.05) is 5.56 Å². The number of hydrogen-bond donors (Lipinski definition) is 3. The minimum Gasteiger partial charge on any atom is -0.497 e. The first-order valence-corrected chi connectivity index (χ1v) is 9.81. The van der Waals surface area contributed by atoms with Gasteiger partial charge in [0.05, 0.1) is 12.8 Å². The lowest BCUT2D eigenvalue weighted by molar-refractivity contribution is -0.196. The summed E-state index contributed by atoms with van der Waals surface area (Å²) in [6.07, 6.45) is -5.44. The number of methoxy groups -OCH3 is 1. The van der Waals surface area contributed by atoms with Crippen molar-refractivity contribution in [1.82, 2.24) is 14.9 Å². The van der Waals surface area contributed by atoms with Gasteiger partial charge in [0.25, 0.3) is 22.9 Å². The van der Waals surface area contributed by atoms with Crippen molar-refractivity contribution in [2.24, 2.45) is 0 Å². The quantitative estimate of drug-likeness (QED) is 0.534. The third-order valence-electron chi connectivity index (χ3n) is 5.43. The Morgan fingerprint density at radius 1 is 1.03 bits per heavy atom. The zero-order valence-electron chi connectivity index (χ0n) is 17.7. The third-order valence-corrected chi connectivity index (χ3v) is 5.43. The number of benzene rings is 2. The van der Waals surface area contributed by atoms with E-state index < -0.39 is 46.2 Å². The standard InChI is InChI=1S/C22H17F3N4O5/c1-11-3-7-13(8-4-11)29-16-15(18(31)27-20(29)33)21(19(32)26-16,22(23,24)25)28-17(30)12-5-9-14(34-2)10-6-12/h3-10H,1-2H3,(H,26,32)(H,28,30)(H,27,31,33)/t21-/m0/s1. The fourth-order valence-corrected chi connectivity index (χ4v) is 3.70. The maximum absolute atomic E-state index is 14.5. The molecule has 1 aliphatic heterocycles. The molecule has 0 spiro atoms. The van der Waals surface area contributed by atoms with Gasteiger partial charge >= 0.3 is 11.9 Å². The normalized spacial score (nSPS) is 17.1. The second kappa shape index (κ2) is 7.90. The first kappa shape index (κ1) is 22.8. The summed E-state index contributed by atoms with van der Waals surface area (Å²) in [6.45, 7) is 1.76. The number of rotatable bonds is 4. The Morgan fingerprint density at radius 3 is 2.21 bits per heavy atom. The lowest BCUT2D eigenvalue weighted by atomic mass is 9.91. The van der Waals surface area contributed by atoms with E-state index in [1.165, 1.54) is 43.5 Å². The first-order chi connectivity index (χ1) is 16.0. The van der Waals surface area contributed by atoms with Gasteiger partial charge in [-0.2, -0.15) is 13.2 Å². The average molecular weight is 474 g/mol. The number of ether oxygens (including phenoxy) is 1. The van der Waals surface area contributed by atoms with Crippen LogP contribution < -0.4 is 26.6 Å². The van der Waals surface area contributed by atoms with Crippen molar-refractivity contribution >= 4 is 17.6 Å². The van der Waals surface area contributed by atoms with Gasteiger partial charge in [0.1, 0.15) is 17.1 Å². The van der Waals surface area contributed by atoms with Gasteiger partial charge in [-0.15, -0.1) is 0 Å². The van der Waals surface area contributed by atoms with Crippen LogP contribution in [0.2, 0.25) is 0 Å². The van der Waals surface area contributed by atoms with Crippen molar-refractivity contribution in [3.63, 3.8) is 0 Å². The van der Waals surface area contributed by atoms with Gasteiger partial charge in [0.2, 0.25) is 0 Å². The van der Waals surface area contributed by atoms with Crippen LogP contribution in [0.5, 0.6) is 5.75 Å². The molecule has 1 aromatic heterocycles. The maximum atomic E-state index is 14.5. The van der Waals surface area contributed by atoms with Crippen molar-refractivity contribution in [3.8, 4) is 11.4 Å². The molecule has 0 unspecified atom stereocenters. The number of amides is 2. The summed E-state index contributed by atoms with van der Waals surface area (Å²) in [4.78, 5) is 52.6. The van der Waals surface area contributed by atoms with Crippen molar-refractivity contribution in [1.29, 1.82) is 0 Å². The van der Waals surface area contributed by atoms with Gasteiger partial charge in [-0.3, -0.25) is 19.4 Å². The van der Waals surface area contributed by atoms with Crippen molar-refractivity contribution in [2.75, 3.05) is 12.4 Å². The molecule has 3 aromatic rings. The van der Waals surface area contributed by atoms with E-state index in [2.05, 4.69) is 0 Å². The van der Waals surface area contributed by atoms with Gasteiger partial charge in [-0.25, -0.2) is 9.36 Å². The highest BCUT2D eigenvalue weighted by Crippen LogP contribution is 2.45. The summed E-state index contributed by atoms with van der Waals surface area (Å²) in [5.74, 6) is -3.33. The molecule has 12 heteroatoms. The monoisotopic (exact) mass is 474 g/mol. The number of fused-ring (bicyclic) bond motifs is 1. The van der Waals surface area contributed by atoms with Gasteiger partial charge in [0.15, 0.2) is 0 Å². The number of nitrogens with one attached hydrogen (secondary N) is 3. The number of aromatic amines is 1. The van der Waals surface area contributed by atoms with Crippen molar-refractivity contribution in [3.05, 3.63) is 86.1 Å². The highest BCUT2D eigenvalue weighted by atomic mass is 19.4. The Labute approximate surface area is 189 Å². The van der Waals surface area contributed by atoms with Gasteiger partial charge < -0.3 is 15.4 Å². The van der Waals surface area contributed by atoms with Crippen LogP contribution in [-0.2, 0) is 10.3 Å². The molecule has 0 radical (unpaired) electrons. The van der Waals surface area contributed by atoms with Gasteiger partial charge in [-0.05, 0) is 43.3 Å². The number of H-pyrrole nitrogens is 1. The molecule has 9 nitrogen and oxygen atoms in total. The molecule has 1 atom stereocenters. The first-order valence-electron chi connectivity index (χ1n) is 9.81. The molecule has 34 heavy (non-hydrogen) atoms. The SMILES string of the molecule is COc1ccc(C(=O)N[C@]2(C(F)(F)F)C(=O)Nc3c2c(=O)[nH]c(=O)n3-c2ccc(C)cc2)cc1. The molecule has 3 N–H and O–H groups in total. The number of anilines is 1. The maximum Gasteiger partial charge on any atom is 0.425 e. The third kappa shape index (κ3) is 3.43. The number of carbonyl (C=O) groups is 2. The van der Waals surface area contributed by atoms with Crippen LogP contribution in [-0.4, -0.2) is 34.7 Å². The number of halogens is 3. The van der Waals surface area contributed by atoms with E-state index in [0.717, 1.165) is 10.1 Å². The van der Waals surface area contributed by atoms with E-state index in [1.54, 1.807) is 24.4 Å². The molecule has 0 fully saturated rings. The Morgan fingerprint density at radius 2 is 1.65 bits per heavy atom. The topological polar surface area (TPSA) is 122 Å². The summed E-state index contributed by atoms with van der Waals surface area (Å²) in [7, 11) is 1.37. The van der Waals surface area contributed by atoms with E-state index in [1.807, 2.05) is 10.3 Å². The zero-order chi connectivity index (χ0) is 24.8. The lowest BCUT2D eigenvalue weighted by Crippen LogP contribution is -2.62. The van der Waals surface area contributed by atoms with E-state index in [9.17, 15) is 32.3 Å². The van der Waals surface area contributed by atoms with E-state index in [0.29, 0.717) is 5.75 Å². The van der Waals surface area contributed by atoms with Crippen LogP contribution in [0.15, 0.2) is 58.1 Å². The minimum absolute atomic E-state index is 0.0999. The molecule has 2 amide bonds. The van der Waals surface area contributed by atoms with E-state index in [4.69, 9.17) is 4.74 Å². The van der Waals surface area contributed by atoms with Crippen LogP contribution in [0.1, 0.15) is 21.5 Å². The van der Waals surface area contributed by atoms with Crippen LogP contribution in [0.3, 0.4) is 0 Å². The summed E-state index contributed by atoms with van der Waals surface area (Å²) in [5.41, 5.74) is -6.73. The molecule has 0 bridgehead atoms. The molecule has 4 rings (SSSR count). The lowest BCUT2D eigenvalue weighted by Gasteiger charge is -2.30. The van der Waals surface area contributed by atoms with Crippen LogP contribution in [0.25, 0.3) is 5.69 Å². The van der Waals surface area contributed by atoms with E-state index >= 15 is 0 Å². The molecule has 1 aliphatic rings. The number of nitrogens with zero attached hydrogens (tertiary/aromatic N) is 1. The Balaban J connectivity index is 1.93. The molecule has 0 saturated carbocycles. The van der Waals surface area contributed by atoms with Crippen LogP contribution >= 0.6 is 0 Å². The molecule has 176 valence electrons. The summed E-state index contributed by atoms with van der Waals surface area (Å²) >= 11 is 0. The number of alkyl halides is 3. The Bertz CT molecular complexity index is 1410. The number of carbonyl (C=O) groups excluding carboxylic acids is 2. The summed E-state index contributed by atoms with van der Waals surface area (Å²) in [6, 6.07) is 11.2. The molecular formula is C22H17F3N4O5. The molecule has 0 saturated heterocycles. The minimum atomic E-state index is -5.44. The van der Waals surface area contributed by atoms with Crippen molar-refractivity contribution in [2.45, 2.75) is 18.6 Å². The highest BCUT2D eigenvalue weighted by Gasteiger charge is 2.68. The van der Waals surface area contributed by atoms with E-state index in [-0.39, 0.29) is 11.3 Å². The molecule has 0 aliphatic carbocycles. The number of aromatic nitrogens is 2. The largest absolute Gasteiger partial charge is 0.497 e. The second-order valence-electron chi connectivity index (χ2n) is 7.54. The summed E-state index contributed by atoms with van der Waals surface area (Å²) in [5, 5.41) is 3.67. The Hall–Kier alpha value is -4.35. The van der Waals surface area contributed by atoms with Crippen molar-refractivity contribution < 1.29 is 27.5 Å². The fourth-order valence-electron chi connectivity index (χ4n) is 3.70. The van der Waals surface area contributed by atoms with Crippen LogP contribution in [0.4, 0.5) is 19.0 Å². The highest BCUT2D eigenvalue weighted by molar-refractivity contribution is 6.09. The predicted molar refractivity (Wildman–Crippen MR) is 114 cm³/mol. The molecular weight excluding hydrogens is 457 g/mol. The smallest absolute Gasteiger partial charge is 0.425 e. The average Bonchev–Trinajstić information content (AvgIpc) is 3.08. The van der Waals surface area contributed by atoms with Gasteiger partial charge in [-0.1, -0.05) is 17.7 Å².